The number of carbonyl (C=O) groups is 1. The molecule has 8 nitrogen and oxygen atoms in total. The molecular formula is C28H34FN3O5. The van der Waals surface area contributed by atoms with Crippen LogP contribution in [0.4, 0.5) is 4.39 Å². The van der Waals surface area contributed by atoms with Gasteiger partial charge in [-0.25, -0.2) is 4.39 Å². The molecule has 3 heterocycles. The van der Waals surface area contributed by atoms with Crippen molar-refractivity contribution in [3.63, 3.8) is 0 Å². The molecule has 4 atom stereocenters. The molecule has 2 saturated heterocycles. The number of hydrogen-bond donors (Lipinski definition) is 3. The standard InChI is InChI=1S/C28H34FN3O5/c1-3-35-23-11-17(12-24(36-4-2)26(23)18-5-7-20(29)8-6-18)13-25-28(16-31-25)15-22(32-37-28)21-14-19(27(33)34)9-10-30-21/h5-8,11-12,19,21,25,30-31H,3-4,9-10,13-16H2,1-2H3,(H,33,34). The molecule has 5 rings (SSSR count). The molecule has 3 aliphatic rings. The molecule has 1 spiro atoms. The first kappa shape index (κ1) is 25.5. The summed E-state index contributed by atoms with van der Waals surface area (Å²) >= 11 is 0. The Balaban J connectivity index is 1.35. The molecule has 0 amide bonds. The molecule has 0 saturated carbocycles. The molecule has 2 aromatic carbocycles. The van der Waals surface area contributed by atoms with Crippen LogP contribution in [-0.4, -0.2) is 60.8 Å². The monoisotopic (exact) mass is 511 g/mol. The van der Waals surface area contributed by atoms with E-state index in [1.165, 1.54) is 12.1 Å². The Bertz CT molecular complexity index is 1140. The second kappa shape index (κ2) is 10.7. The second-order valence-corrected chi connectivity index (χ2v) is 9.96. The minimum atomic E-state index is -0.747. The van der Waals surface area contributed by atoms with Crippen molar-refractivity contribution in [2.24, 2.45) is 11.1 Å². The summed E-state index contributed by atoms with van der Waals surface area (Å²) in [5.74, 6) is -0.00650. The van der Waals surface area contributed by atoms with Gasteiger partial charge < -0.3 is 30.1 Å². The Morgan fingerprint density at radius 2 is 1.86 bits per heavy atom. The van der Waals surface area contributed by atoms with Crippen LogP contribution in [0.3, 0.4) is 0 Å². The maximum absolute atomic E-state index is 13.6. The summed E-state index contributed by atoms with van der Waals surface area (Å²) in [5.41, 5.74) is 3.13. The van der Waals surface area contributed by atoms with Gasteiger partial charge in [0, 0.05) is 19.0 Å². The average Bonchev–Trinajstić information content (AvgIpc) is 3.36. The number of oxime groups is 1. The first-order chi connectivity index (χ1) is 17.9. The van der Waals surface area contributed by atoms with Crippen LogP contribution in [0.1, 0.15) is 38.7 Å². The van der Waals surface area contributed by atoms with Crippen molar-refractivity contribution in [2.75, 3.05) is 26.3 Å². The molecular weight excluding hydrogens is 477 g/mol. The Labute approximate surface area is 216 Å². The summed E-state index contributed by atoms with van der Waals surface area (Å²) in [4.78, 5) is 17.5. The van der Waals surface area contributed by atoms with Gasteiger partial charge in [0.05, 0.1) is 36.4 Å². The summed E-state index contributed by atoms with van der Waals surface area (Å²) in [5, 5.41) is 20.8. The molecule has 9 heteroatoms. The molecule has 0 aliphatic carbocycles. The molecule has 0 aromatic heterocycles. The van der Waals surface area contributed by atoms with E-state index in [2.05, 4.69) is 15.8 Å². The molecule has 0 bridgehead atoms. The fourth-order valence-electron chi connectivity index (χ4n) is 5.55. The highest BCUT2D eigenvalue weighted by Gasteiger charge is 2.54. The number of ether oxygens (including phenoxy) is 2. The Morgan fingerprint density at radius 3 is 2.46 bits per heavy atom. The third-order valence-corrected chi connectivity index (χ3v) is 7.56. The summed E-state index contributed by atoms with van der Waals surface area (Å²) in [6.07, 6.45) is 2.51. The predicted octanol–water partition coefficient (Wildman–Crippen LogP) is 3.77. The average molecular weight is 512 g/mol. The van der Waals surface area contributed by atoms with Gasteiger partial charge in [-0.15, -0.1) is 0 Å². The van der Waals surface area contributed by atoms with E-state index in [-0.39, 0.29) is 23.8 Å². The van der Waals surface area contributed by atoms with Crippen molar-refractivity contribution in [1.82, 2.24) is 10.6 Å². The number of piperidine rings is 1. The van der Waals surface area contributed by atoms with Crippen molar-refractivity contribution >= 4 is 11.7 Å². The van der Waals surface area contributed by atoms with Gasteiger partial charge in [0.2, 0.25) is 0 Å². The van der Waals surface area contributed by atoms with E-state index in [1.54, 1.807) is 12.1 Å². The number of nitrogens with one attached hydrogen (secondary N) is 2. The molecule has 2 aromatic rings. The molecule has 0 radical (unpaired) electrons. The SMILES string of the molecule is CCOc1cc(CC2NCC23CC(C2CC(C(=O)O)CCN2)=NO3)cc(OCC)c1-c1ccc(F)cc1. The normalized spacial score (nSPS) is 26.8. The van der Waals surface area contributed by atoms with E-state index >= 15 is 0 Å². The van der Waals surface area contributed by atoms with Crippen molar-refractivity contribution in [3.8, 4) is 22.6 Å². The van der Waals surface area contributed by atoms with Crippen LogP contribution in [0.25, 0.3) is 11.1 Å². The Hall–Kier alpha value is -3.17. The quantitative estimate of drug-likeness (QED) is 0.471. The number of rotatable bonds is 9. The molecule has 198 valence electrons. The summed E-state index contributed by atoms with van der Waals surface area (Å²) < 4.78 is 25.6. The summed E-state index contributed by atoms with van der Waals surface area (Å²) in [6.45, 7) is 6.19. The number of aliphatic carboxylic acids is 1. The topological polar surface area (TPSA) is 101 Å². The van der Waals surface area contributed by atoms with Gasteiger partial charge in [-0.05, 0) is 75.0 Å². The predicted molar refractivity (Wildman–Crippen MR) is 138 cm³/mol. The first-order valence-corrected chi connectivity index (χ1v) is 13.1. The first-order valence-electron chi connectivity index (χ1n) is 13.1. The number of carboxylic acid groups (broad SMARTS) is 1. The van der Waals surface area contributed by atoms with Gasteiger partial charge in [-0.3, -0.25) is 4.79 Å². The van der Waals surface area contributed by atoms with Gasteiger partial charge in [0.15, 0.2) is 5.60 Å². The van der Waals surface area contributed by atoms with Gasteiger partial charge in [0.25, 0.3) is 0 Å². The zero-order chi connectivity index (χ0) is 26.0. The van der Waals surface area contributed by atoms with Crippen LogP contribution < -0.4 is 20.1 Å². The van der Waals surface area contributed by atoms with Gasteiger partial charge in [-0.1, -0.05) is 17.3 Å². The zero-order valence-corrected chi connectivity index (χ0v) is 21.3. The molecule has 3 aliphatic heterocycles. The van der Waals surface area contributed by atoms with E-state index in [9.17, 15) is 14.3 Å². The maximum Gasteiger partial charge on any atom is 0.306 e. The van der Waals surface area contributed by atoms with E-state index in [4.69, 9.17) is 14.3 Å². The van der Waals surface area contributed by atoms with E-state index in [1.807, 2.05) is 26.0 Å². The highest BCUT2D eigenvalue weighted by atomic mass is 19.1. The van der Waals surface area contributed by atoms with Crippen LogP contribution in [0, 0.1) is 11.7 Å². The third-order valence-electron chi connectivity index (χ3n) is 7.56. The fraction of sp³-hybridized carbons (Fsp3) is 0.500. The van der Waals surface area contributed by atoms with Crippen molar-refractivity contribution < 1.29 is 28.6 Å². The highest BCUT2D eigenvalue weighted by molar-refractivity contribution is 5.92. The lowest BCUT2D eigenvalue weighted by atomic mass is 9.77. The second-order valence-electron chi connectivity index (χ2n) is 9.96. The van der Waals surface area contributed by atoms with E-state index in [0.717, 1.165) is 22.4 Å². The lowest BCUT2D eigenvalue weighted by Crippen LogP contribution is -2.69. The van der Waals surface area contributed by atoms with Crippen LogP contribution in [0.2, 0.25) is 0 Å². The van der Waals surface area contributed by atoms with E-state index in [0.29, 0.717) is 63.5 Å². The minimum absolute atomic E-state index is 0.0354. The molecule has 3 N–H and O–H groups in total. The van der Waals surface area contributed by atoms with E-state index < -0.39 is 11.6 Å². The molecule has 4 unspecified atom stereocenters. The lowest BCUT2D eigenvalue weighted by Gasteiger charge is -2.45. The number of hydrogen-bond acceptors (Lipinski definition) is 7. The Morgan fingerprint density at radius 1 is 1.16 bits per heavy atom. The van der Waals surface area contributed by atoms with Gasteiger partial charge in [-0.2, -0.15) is 0 Å². The summed E-state index contributed by atoms with van der Waals surface area (Å²) in [6, 6.07) is 10.4. The van der Waals surface area contributed by atoms with Gasteiger partial charge in [0.1, 0.15) is 17.3 Å². The molecule has 37 heavy (non-hydrogen) atoms. The Kier molecular flexibility index (Phi) is 7.35. The number of carboxylic acids is 1. The fourth-order valence-corrected chi connectivity index (χ4v) is 5.55. The molecule has 2 fully saturated rings. The number of benzene rings is 2. The van der Waals surface area contributed by atoms with Gasteiger partial charge >= 0.3 is 5.97 Å². The lowest BCUT2D eigenvalue weighted by molar-refractivity contribution is -0.142. The number of nitrogens with zero attached hydrogens (tertiary/aromatic N) is 1. The smallest absolute Gasteiger partial charge is 0.306 e. The zero-order valence-electron chi connectivity index (χ0n) is 21.3. The minimum Gasteiger partial charge on any atom is -0.493 e. The third kappa shape index (κ3) is 5.15. The van der Waals surface area contributed by atoms with Crippen molar-refractivity contribution in [2.45, 2.75) is 57.2 Å². The van der Waals surface area contributed by atoms with Crippen LogP contribution >= 0.6 is 0 Å². The largest absolute Gasteiger partial charge is 0.493 e. The highest BCUT2D eigenvalue weighted by Crippen LogP contribution is 2.42. The van der Waals surface area contributed by atoms with Crippen LogP contribution in [-0.2, 0) is 16.1 Å². The van der Waals surface area contributed by atoms with Crippen LogP contribution in [0.15, 0.2) is 41.6 Å². The number of halogens is 1. The summed E-state index contributed by atoms with van der Waals surface area (Å²) in [7, 11) is 0. The maximum atomic E-state index is 13.6. The van der Waals surface area contributed by atoms with Crippen molar-refractivity contribution in [1.29, 1.82) is 0 Å². The van der Waals surface area contributed by atoms with Crippen LogP contribution in [0.5, 0.6) is 11.5 Å². The van der Waals surface area contributed by atoms with Crippen molar-refractivity contribution in [3.05, 3.63) is 47.8 Å².